The van der Waals surface area contributed by atoms with Crippen molar-refractivity contribution >= 4 is 17.7 Å². The molecule has 0 saturated heterocycles. The molecule has 1 aromatic heterocycles. The number of halogens is 1. The monoisotopic (exact) mass is 412 g/mol. The van der Waals surface area contributed by atoms with Gasteiger partial charge in [0.1, 0.15) is 5.82 Å². The van der Waals surface area contributed by atoms with Gasteiger partial charge in [0.2, 0.25) is 5.91 Å². The summed E-state index contributed by atoms with van der Waals surface area (Å²) in [4.78, 5) is 12.3. The number of amides is 1. The van der Waals surface area contributed by atoms with E-state index in [1.54, 1.807) is 18.2 Å². The van der Waals surface area contributed by atoms with Crippen molar-refractivity contribution in [1.82, 2.24) is 20.1 Å². The zero-order valence-corrected chi connectivity index (χ0v) is 17.6. The summed E-state index contributed by atoms with van der Waals surface area (Å²) in [6, 6.07) is 16.5. The van der Waals surface area contributed by atoms with Gasteiger partial charge in [-0.1, -0.05) is 68.1 Å². The molecule has 2 aromatic carbocycles. The van der Waals surface area contributed by atoms with Gasteiger partial charge in [0.15, 0.2) is 11.0 Å². The number of hydrogen-bond donors (Lipinski definition) is 1. The maximum absolute atomic E-state index is 14.4. The van der Waals surface area contributed by atoms with Crippen molar-refractivity contribution in [3.63, 3.8) is 0 Å². The van der Waals surface area contributed by atoms with Crippen molar-refractivity contribution in [3.8, 4) is 11.4 Å². The van der Waals surface area contributed by atoms with Gasteiger partial charge in [-0.15, -0.1) is 10.2 Å². The van der Waals surface area contributed by atoms with Crippen LogP contribution in [0.4, 0.5) is 4.39 Å². The molecule has 3 rings (SSSR count). The molecule has 0 aliphatic rings. The molecule has 7 heteroatoms. The van der Waals surface area contributed by atoms with Crippen molar-refractivity contribution < 1.29 is 9.18 Å². The summed E-state index contributed by atoms with van der Waals surface area (Å²) in [7, 11) is 0. The second-order valence-corrected chi connectivity index (χ2v) is 8.19. The number of thioether (sulfide) groups is 1. The van der Waals surface area contributed by atoms with Crippen LogP contribution in [0.25, 0.3) is 11.4 Å². The molecular weight excluding hydrogens is 387 g/mol. The summed E-state index contributed by atoms with van der Waals surface area (Å²) in [5.74, 6) is 0.622. The second kappa shape index (κ2) is 9.69. The van der Waals surface area contributed by atoms with Crippen molar-refractivity contribution in [1.29, 1.82) is 0 Å². The van der Waals surface area contributed by atoms with Crippen LogP contribution in [0.1, 0.15) is 26.3 Å². The van der Waals surface area contributed by atoms with Gasteiger partial charge >= 0.3 is 0 Å². The molecule has 1 N–H and O–H groups in total. The standard InChI is InChI=1S/C22H25FN4OS/c1-15(2)16(3)24-20(28)14-29-22-26-25-21(18-11-7-8-12-19(18)23)27(22)13-17-9-5-4-6-10-17/h4-12,15-16H,13-14H2,1-3H3,(H,24,28)/t16-/m1/s1. The minimum atomic E-state index is -0.353. The van der Waals surface area contributed by atoms with Gasteiger partial charge in [-0.2, -0.15) is 0 Å². The number of aromatic nitrogens is 3. The van der Waals surface area contributed by atoms with E-state index in [-0.39, 0.29) is 23.5 Å². The van der Waals surface area contributed by atoms with E-state index in [1.807, 2.05) is 41.8 Å². The van der Waals surface area contributed by atoms with Crippen LogP contribution in [0, 0.1) is 11.7 Å². The Labute approximate surface area is 174 Å². The van der Waals surface area contributed by atoms with E-state index in [9.17, 15) is 9.18 Å². The van der Waals surface area contributed by atoms with Crippen LogP contribution < -0.4 is 5.32 Å². The summed E-state index contributed by atoms with van der Waals surface area (Å²) < 4.78 is 16.2. The highest BCUT2D eigenvalue weighted by molar-refractivity contribution is 7.99. The summed E-state index contributed by atoms with van der Waals surface area (Å²) in [6.07, 6.45) is 0. The van der Waals surface area contributed by atoms with Gasteiger partial charge in [0, 0.05) is 6.04 Å². The Hall–Kier alpha value is -2.67. The van der Waals surface area contributed by atoms with E-state index in [1.165, 1.54) is 17.8 Å². The van der Waals surface area contributed by atoms with Crippen LogP contribution in [-0.2, 0) is 11.3 Å². The first-order valence-electron chi connectivity index (χ1n) is 9.60. The topological polar surface area (TPSA) is 59.8 Å². The minimum absolute atomic E-state index is 0.0575. The average molecular weight is 413 g/mol. The Morgan fingerprint density at radius 2 is 1.76 bits per heavy atom. The molecule has 152 valence electrons. The average Bonchev–Trinajstić information content (AvgIpc) is 3.09. The van der Waals surface area contributed by atoms with Crippen LogP contribution in [0.3, 0.4) is 0 Å². The van der Waals surface area contributed by atoms with E-state index >= 15 is 0 Å². The number of carbonyl (C=O) groups excluding carboxylic acids is 1. The molecule has 5 nitrogen and oxygen atoms in total. The zero-order chi connectivity index (χ0) is 20.8. The van der Waals surface area contributed by atoms with Crippen molar-refractivity contribution in [2.24, 2.45) is 5.92 Å². The minimum Gasteiger partial charge on any atom is -0.353 e. The number of nitrogens with one attached hydrogen (secondary N) is 1. The molecule has 29 heavy (non-hydrogen) atoms. The number of nitrogens with zero attached hydrogens (tertiary/aromatic N) is 3. The zero-order valence-electron chi connectivity index (χ0n) is 16.8. The van der Waals surface area contributed by atoms with Gasteiger partial charge in [0.25, 0.3) is 0 Å². The maximum Gasteiger partial charge on any atom is 0.230 e. The third-order valence-corrected chi connectivity index (χ3v) is 5.70. The largest absolute Gasteiger partial charge is 0.353 e. The predicted octanol–water partition coefficient (Wildman–Crippen LogP) is 4.39. The fraction of sp³-hybridized carbons (Fsp3) is 0.318. The van der Waals surface area contributed by atoms with Crippen LogP contribution in [0.15, 0.2) is 59.8 Å². The van der Waals surface area contributed by atoms with Gasteiger partial charge in [-0.05, 0) is 30.5 Å². The van der Waals surface area contributed by atoms with Crippen LogP contribution >= 0.6 is 11.8 Å². The highest BCUT2D eigenvalue weighted by atomic mass is 32.2. The van der Waals surface area contributed by atoms with E-state index < -0.39 is 0 Å². The Balaban J connectivity index is 1.85. The summed E-state index contributed by atoms with van der Waals surface area (Å²) in [5, 5.41) is 12.0. The number of rotatable bonds is 8. The first-order valence-corrected chi connectivity index (χ1v) is 10.6. The molecule has 0 bridgehead atoms. The molecule has 3 aromatic rings. The molecule has 0 fully saturated rings. The second-order valence-electron chi connectivity index (χ2n) is 7.25. The number of hydrogen-bond acceptors (Lipinski definition) is 4. The lowest BCUT2D eigenvalue weighted by molar-refractivity contribution is -0.119. The lowest BCUT2D eigenvalue weighted by Crippen LogP contribution is -2.37. The smallest absolute Gasteiger partial charge is 0.230 e. The SMILES string of the molecule is CC(C)[C@@H](C)NC(=O)CSc1nnc(-c2ccccc2F)n1Cc1ccccc1. The van der Waals surface area contributed by atoms with E-state index in [4.69, 9.17) is 0 Å². The molecule has 0 saturated carbocycles. The van der Waals surface area contributed by atoms with Crippen LogP contribution in [-0.4, -0.2) is 32.5 Å². The van der Waals surface area contributed by atoms with Gasteiger partial charge in [-0.3, -0.25) is 9.36 Å². The van der Waals surface area contributed by atoms with Gasteiger partial charge < -0.3 is 5.32 Å². The summed E-state index contributed by atoms with van der Waals surface area (Å²) in [5.41, 5.74) is 1.44. The summed E-state index contributed by atoms with van der Waals surface area (Å²) in [6.45, 7) is 6.61. The number of carbonyl (C=O) groups is 1. The summed E-state index contributed by atoms with van der Waals surface area (Å²) >= 11 is 1.30. The van der Waals surface area contributed by atoms with Crippen LogP contribution in [0.2, 0.25) is 0 Å². The fourth-order valence-corrected chi connectivity index (χ4v) is 3.49. The first-order chi connectivity index (χ1) is 14.0. The molecule has 0 aliphatic heterocycles. The quantitative estimate of drug-likeness (QED) is 0.558. The Bertz CT molecular complexity index is 958. The fourth-order valence-electron chi connectivity index (χ4n) is 2.74. The molecule has 0 unspecified atom stereocenters. The molecule has 1 amide bonds. The molecular formula is C22H25FN4OS. The first kappa shape index (κ1) is 21.0. The predicted molar refractivity (Wildman–Crippen MR) is 114 cm³/mol. The maximum atomic E-state index is 14.4. The van der Waals surface area contributed by atoms with E-state index in [2.05, 4.69) is 29.4 Å². The Morgan fingerprint density at radius 3 is 2.45 bits per heavy atom. The van der Waals surface area contributed by atoms with Gasteiger partial charge in [-0.25, -0.2) is 4.39 Å². The lowest BCUT2D eigenvalue weighted by Gasteiger charge is -2.17. The Kier molecular flexibility index (Phi) is 7.04. The third kappa shape index (κ3) is 5.44. The Morgan fingerprint density at radius 1 is 1.07 bits per heavy atom. The normalized spacial score (nSPS) is 12.2. The highest BCUT2D eigenvalue weighted by Crippen LogP contribution is 2.27. The molecule has 0 spiro atoms. The molecule has 0 radical (unpaired) electrons. The van der Waals surface area contributed by atoms with E-state index in [0.29, 0.717) is 29.0 Å². The van der Waals surface area contributed by atoms with Crippen molar-refractivity contribution in [2.45, 2.75) is 38.5 Å². The van der Waals surface area contributed by atoms with Crippen LogP contribution in [0.5, 0.6) is 0 Å². The van der Waals surface area contributed by atoms with Gasteiger partial charge in [0.05, 0.1) is 17.9 Å². The van der Waals surface area contributed by atoms with Crippen molar-refractivity contribution in [2.75, 3.05) is 5.75 Å². The molecule has 1 atom stereocenters. The van der Waals surface area contributed by atoms with E-state index in [0.717, 1.165) is 5.56 Å². The third-order valence-electron chi connectivity index (χ3n) is 4.74. The highest BCUT2D eigenvalue weighted by Gasteiger charge is 2.19. The number of benzene rings is 2. The molecule has 0 aliphatic carbocycles. The van der Waals surface area contributed by atoms with Crippen molar-refractivity contribution in [3.05, 3.63) is 66.0 Å². The lowest BCUT2D eigenvalue weighted by atomic mass is 10.1. The molecule has 1 heterocycles.